The minimum Gasteiger partial charge on any atom is -0.493 e. The van der Waals surface area contributed by atoms with E-state index < -0.39 is 10.0 Å². The number of ether oxygens (including phenoxy) is 2. The monoisotopic (exact) mass is 419 g/mol. The molecule has 0 unspecified atom stereocenters. The Balaban J connectivity index is 1.41. The molecule has 0 aliphatic carbocycles. The summed E-state index contributed by atoms with van der Waals surface area (Å²) in [5.74, 6) is 1.12. The molecule has 0 amide bonds. The zero-order valence-electron chi connectivity index (χ0n) is 17.0. The summed E-state index contributed by atoms with van der Waals surface area (Å²) in [5.41, 5.74) is 1.74. The van der Waals surface area contributed by atoms with E-state index in [0.717, 1.165) is 45.4 Å². The molecule has 0 bridgehead atoms. The van der Waals surface area contributed by atoms with Crippen molar-refractivity contribution in [3.05, 3.63) is 48.5 Å². The largest absolute Gasteiger partial charge is 0.493 e. The quantitative estimate of drug-likeness (QED) is 0.630. The number of nitrogens with one attached hydrogen (secondary N) is 1. The van der Waals surface area contributed by atoms with Crippen LogP contribution in [0.25, 0.3) is 0 Å². The molecule has 0 atom stereocenters. The van der Waals surface area contributed by atoms with Gasteiger partial charge in [0.2, 0.25) is 10.0 Å². The smallest absolute Gasteiger partial charge is 0.229 e. The maximum Gasteiger partial charge on any atom is 0.229 e. The highest BCUT2D eigenvalue weighted by atomic mass is 32.2. The summed E-state index contributed by atoms with van der Waals surface area (Å²) in [7, 11) is -1.79. The molecule has 1 fully saturated rings. The number of rotatable bonds is 9. The molecule has 2 aromatic carbocycles. The van der Waals surface area contributed by atoms with Gasteiger partial charge < -0.3 is 14.4 Å². The standard InChI is InChI=1S/C21H29N3O4S/c1-27-21-17-18(22-29(2,25)26)9-10-20(21)28-16-6-11-23-12-14-24(15-13-23)19-7-4-3-5-8-19/h3-5,7-10,17,22H,6,11-16H2,1-2H3. The fourth-order valence-electron chi connectivity index (χ4n) is 3.40. The number of sulfonamides is 1. The maximum atomic E-state index is 11.4. The van der Waals surface area contributed by atoms with Crippen molar-refractivity contribution in [3.63, 3.8) is 0 Å². The molecular formula is C21H29N3O4S. The first-order valence-corrected chi connectivity index (χ1v) is 11.6. The molecule has 1 N–H and O–H groups in total. The van der Waals surface area contributed by atoms with Crippen LogP contribution >= 0.6 is 0 Å². The molecule has 1 aliphatic rings. The summed E-state index contributed by atoms with van der Waals surface area (Å²) in [6.07, 6.45) is 2.03. The third-order valence-corrected chi connectivity index (χ3v) is 5.44. The van der Waals surface area contributed by atoms with E-state index >= 15 is 0 Å². The molecule has 8 heteroatoms. The van der Waals surface area contributed by atoms with Gasteiger partial charge in [-0.2, -0.15) is 0 Å². The molecule has 7 nitrogen and oxygen atoms in total. The van der Waals surface area contributed by atoms with Crippen LogP contribution in [0.4, 0.5) is 11.4 Å². The van der Waals surface area contributed by atoms with Crippen LogP contribution in [0.15, 0.2) is 48.5 Å². The first-order chi connectivity index (χ1) is 13.9. The number of anilines is 2. The van der Waals surface area contributed by atoms with Gasteiger partial charge in [-0.05, 0) is 30.7 Å². The summed E-state index contributed by atoms with van der Waals surface area (Å²) in [6.45, 7) is 5.72. The van der Waals surface area contributed by atoms with Crippen molar-refractivity contribution in [1.29, 1.82) is 0 Å². The molecular weight excluding hydrogens is 390 g/mol. The molecule has 3 rings (SSSR count). The van der Waals surface area contributed by atoms with Gasteiger partial charge in [0.1, 0.15) is 0 Å². The molecule has 0 aromatic heterocycles. The number of nitrogens with zero attached hydrogens (tertiary/aromatic N) is 2. The highest BCUT2D eigenvalue weighted by molar-refractivity contribution is 7.92. The Labute approximate surface area is 173 Å². The Bertz CT molecular complexity index is 882. The van der Waals surface area contributed by atoms with Gasteiger partial charge in [-0.3, -0.25) is 9.62 Å². The van der Waals surface area contributed by atoms with Crippen molar-refractivity contribution in [2.75, 3.05) is 62.3 Å². The maximum absolute atomic E-state index is 11.4. The zero-order valence-corrected chi connectivity index (χ0v) is 17.8. The van der Waals surface area contributed by atoms with E-state index in [4.69, 9.17) is 9.47 Å². The molecule has 0 saturated carbocycles. The second-order valence-corrected chi connectivity index (χ2v) is 8.85. The summed E-state index contributed by atoms with van der Waals surface area (Å²) < 4.78 is 36.3. The van der Waals surface area contributed by atoms with E-state index in [1.165, 1.54) is 5.69 Å². The van der Waals surface area contributed by atoms with Crippen LogP contribution < -0.4 is 19.1 Å². The average molecular weight is 420 g/mol. The highest BCUT2D eigenvalue weighted by Crippen LogP contribution is 2.30. The van der Waals surface area contributed by atoms with Gasteiger partial charge in [0.05, 0.1) is 25.7 Å². The molecule has 29 heavy (non-hydrogen) atoms. The van der Waals surface area contributed by atoms with E-state index in [-0.39, 0.29) is 0 Å². The van der Waals surface area contributed by atoms with Crippen LogP contribution in [0, 0.1) is 0 Å². The fourth-order valence-corrected chi connectivity index (χ4v) is 3.96. The van der Waals surface area contributed by atoms with E-state index in [9.17, 15) is 8.42 Å². The predicted molar refractivity (Wildman–Crippen MR) is 117 cm³/mol. The Morgan fingerprint density at radius 1 is 1.00 bits per heavy atom. The summed E-state index contributed by atoms with van der Waals surface area (Å²) in [5, 5.41) is 0. The molecule has 2 aromatic rings. The van der Waals surface area contributed by atoms with Gasteiger partial charge in [0.25, 0.3) is 0 Å². The van der Waals surface area contributed by atoms with Crippen LogP contribution in [-0.2, 0) is 10.0 Å². The summed E-state index contributed by atoms with van der Waals surface area (Å²) in [4.78, 5) is 4.88. The van der Waals surface area contributed by atoms with Gasteiger partial charge in [0, 0.05) is 44.5 Å². The van der Waals surface area contributed by atoms with Gasteiger partial charge in [-0.1, -0.05) is 18.2 Å². The van der Waals surface area contributed by atoms with Crippen LogP contribution in [-0.4, -0.2) is 66.0 Å². The lowest BCUT2D eigenvalue weighted by atomic mass is 10.2. The van der Waals surface area contributed by atoms with Gasteiger partial charge in [0.15, 0.2) is 11.5 Å². The van der Waals surface area contributed by atoms with E-state index in [0.29, 0.717) is 23.8 Å². The molecule has 1 saturated heterocycles. The van der Waals surface area contributed by atoms with Crippen molar-refractivity contribution in [2.45, 2.75) is 6.42 Å². The molecule has 0 spiro atoms. The second-order valence-electron chi connectivity index (χ2n) is 7.11. The Kier molecular flexibility index (Phi) is 7.22. The Hall–Kier alpha value is -2.45. The fraction of sp³-hybridized carbons (Fsp3) is 0.429. The Morgan fingerprint density at radius 2 is 1.72 bits per heavy atom. The number of benzene rings is 2. The molecule has 0 radical (unpaired) electrons. The third-order valence-electron chi connectivity index (χ3n) is 4.84. The van der Waals surface area contributed by atoms with E-state index in [1.807, 2.05) is 6.07 Å². The normalized spacial score (nSPS) is 15.2. The minimum absolute atomic E-state index is 0.452. The summed E-state index contributed by atoms with van der Waals surface area (Å²) >= 11 is 0. The van der Waals surface area contributed by atoms with Crippen LogP contribution in [0.5, 0.6) is 11.5 Å². The first-order valence-electron chi connectivity index (χ1n) is 9.75. The number of para-hydroxylation sites is 1. The van der Waals surface area contributed by atoms with Crippen molar-refractivity contribution >= 4 is 21.4 Å². The van der Waals surface area contributed by atoms with E-state index in [1.54, 1.807) is 25.3 Å². The van der Waals surface area contributed by atoms with Crippen molar-refractivity contribution in [3.8, 4) is 11.5 Å². The predicted octanol–water partition coefficient (Wildman–Crippen LogP) is 2.66. The first kappa shape index (κ1) is 21.3. The number of hydrogen-bond donors (Lipinski definition) is 1. The van der Waals surface area contributed by atoms with Gasteiger partial charge in [-0.25, -0.2) is 8.42 Å². The molecule has 1 heterocycles. The van der Waals surface area contributed by atoms with Crippen molar-refractivity contribution < 1.29 is 17.9 Å². The SMILES string of the molecule is COc1cc(NS(C)(=O)=O)ccc1OCCCN1CCN(c2ccccc2)CC1. The lowest BCUT2D eigenvalue weighted by Gasteiger charge is -2.36. The van der Waals surface area contributed by atoms with Crippen LogP contribution in [0.3, 0.4) is 0 Å². The average Bonchev–Trinajstić information content (AvgIpc) is 2.72. The summed E-state index contributed by atoms with van der Waals surface area (Å²) in [6, 6.07) is 15.5. The van der Waals surface area contributed by atoms with Gasteiger partial charge >= 0.3 is 0 Å². The minimum atomic E-state index is -3.33. The van der Waals surface area contributed by atoms with Gasteiger partial charge in [-0.15, -0.1) is 0 Å². The topological polar surface area (TPSA) is 71.1 Å². The van der Waals surface area contributed by atoms with Crippen molar-refractivity contribution in [2.24, 2.45) is 0 Å². The number of methoxy groups -OCH3 is 1. The number of hydrogen-bond acceptors (Lipinski definition) is 6. The number of piperazine rings is 1. The zero-order chi connectivity index (χ0) is 20.7. The Morgan fingerprint density at radius 3 is 2.38 bits per heavy atom. The molecule has 158 valence electrons. The van der Waals surface area contributed by atoms with E-state index in [2.05, 4.69) is 38.8 Å². The second kappa shape index (κ2) is 9.84. The lowest BCUT2D eigenvalue weighted by Crippen LogP contribution is -2.46. The highest BCUT2D eigenvalue weighted by Gasteiger charge is 2.16. The lowest BCUT2D eigenvalue weighted by molar-refractivity contribution is 0.221. The van der Waals surface area contributed by atoms with Crippen LogP contribution in [0.2, 0.25) is 0 Å². The third kappa shape index (κ3) is 6.54. The molecule has 1 aliphatic heterocycles. The van der Waals surface area contributed by atoms with Crippen LogP contribution in [0.1, 0.15) is 6.42 Å². The van der Waals surface area contributed by atoms with Crippen molar-refractivity contribution in [1.82, 2.24) is 4.90 Å².